The van der Waals surface area contributed by atoms with E-state index >= 15 is 0 Å². The third-order valence-corrected chi connectivity index (χ3v) is 4.01. The minimum Gasteiger partial charge on any atom is -0.365 e. The predicted molar refractivity (Wildman–Crippen MR) is 75.8 cm³/mol. The number of nitrogens with zero attached hydrogens (tertiary/aromatic N) is 2. The highest BCUT2D eigenvalue weighted by Gasteiger charge is 2.02. The quantitative estimate of drug-likeness (QED) is 0.856. The van der Waals surface area contributed by atoms with Crippen LogP contribution >= 0.6 is 38.9 Å². The van der Waals surface area contributed by atoms with Crippen LogP contribution in [0, 0.1) is 0 Å². The Morgan fingerprint density at radius 3 is 2.88 bits per heavy atom. The average molecular weight is 333 g/mol. The summed E-state index contributed by atoms with van der Waals surface area (Å²) in [5.41, 5.74) is 0. The number of aromatic nitrogens is 2. The van der Waals surface area contributed by atoms with Gasteiger partial charge in [0, 0.05) is 27.2 Å². The molecule has 2 heterocycles. The van der Waals surface area contributed by atoms with Gasteiger partial charge in [0.2, 0.25) is 0 Å². The van der Waals surface area contributed by atoms with E-state index in [9.17, 15) is 0 Å². The molecule has 3 nitrogen and oxygen atoms in total. The molecular formula is C11H11BrClN3S. The van der Waals surface area contributed by atoms with Gasteiger partial charge >= 0.3 is 0 Å². The number of anilines is 1. The molecule has 6 heteroatoms. The Hall–Kier alpha value is -0.650. The second-order valence-corrected chi connectivity index (χ2v) is 5.73. The molecule has 0 spiro atoms. The molecule has 0 radical (unpaired) electrons. The summed E-state index contributed by atoms with van der Waals surface area (Å²) < 4.78 is 1.11. The van der Waals surface area contributed by atoms with Gasteiger partial charge in [0.25, 0.3) is 0 Å². The number of rotatable bonds is 4. The summed E-state index contributed by atoms with van der Waals surface area (Å²) in [5, 5.41) is 5.78. The van der Waals surface area contributed by atoms with Gasteiger partial charge in [-0.25, -0.2) is 9.97 Å². The standard InChI is InChI=1S/C11H11BrClN3S/c1-2-10-15-9(13)4-11(16-10)14-5-8-3-7(12)6-17-8/h3-4,6H,2,5H2,1H3,(H,14,15,16). The predicted octanol–water partition coefficient (Wildman–Crippen LogP) is 4.13. The molecule has 0 atom stereocenters. The van der Waals surface area contributed by atoms with Crippen molar-refractivity contribution in [3.05, 3.63) is 37.8 Å². The molecule has 2 rings (SSSR count). The van der Waals surface area contributed by atoms with Gasteiger partial charge < -0.3 is 5.32 Å². The van der Waals surface area contributed by atoms with Gasteiger partial charge in [0.15, 0.2) is 0 Å². The number of aryl methyl sites for hydroxylation is 1. The molecule has 0 bridgehead atoms. The molecule has 0 saturated carbocycles. The highest BCUT2D eigenvalue weighted by Crippen LogP contribution is 2.21. The van der Waals surface area contributed by atoms with E-state index in [-0.39, 0.29) is 0 Å². The van der Waals surface area contributed by atoms with Gasteiger partial charge in [-0.15, -0.1) is 11.3 Å². The maximum absolute atomic E-state index is 5.92. The molecule has 1 N–H and O–H groups in total. The summed E-state index contributed by atoms with van der Waals surface area (Å²) in [6.07, 6.45) is 0.778. The molecule has 0 aliphatic rings. The van der Waals surface area contributed by atoms with Crippen LogP contribution in [0.15, 0.2) is 22.0 Å². The molecule has 0 unspecified atom stereocenters. The zero-order valence-corrected chi connectivity index (χ0v) is 12.4. The molecule has 90 valence electrons. The minimum absolute atomic E-state index is 0.478. The Balaban J connectivity index is 2.05. The first-order valence-electron chi connectivity index (χ1n) is 5.17. The second-order valence-electron chi connectivity index (χ2n) is 3.43. The largest absolute Gasteiger partial charge is 0.365 e. The van der Waals surface area contributed by atoms with Crippen molar-refractivity contribution in [3.8, 4) is 0 Å². The van der Waals surface area contributed by atoms with Crippen LogP contribution in [0.25, 0.3) is 0 Å². The third kappa shape index (κ3) is 3.66. The second kappa shape index (κ2) is 5.80. The Morgan fingerprint density at radius 2 is 2.24 bits per heavy atom. The number of halogens is 2. The van der Waals surface area contributed by atoms with Gasteiger partial charge in [-0.1, -0.05) is 18.5 Å². The van der Waals surface area contributed by atoms with E-state index in [1.165, 1.54) is 4.88 Å². The van der Waals surface area contributed by atoms with E-state index in [1.807, 2.05) is 6.92 Å². The summed E-state index contributed by atoms with van der Waals surface area (Å²) in [6, 6.07) is 3.82. The van der Waals surface area contributed by atoms with Crippen LogP contribution in [0.1, 0.15) is 17.6 Å². The SMILES string of the molecule is CCc1nc(Cl)cc(NCc2cc(Br)cs2)n1. The van der Waals surface area contributed by atoms with Crippen molar-refractivity contribution in [2.24, 2.45) is 0 Å². The highest BCUT2D eigenvalue weighted by molar-refractivity contribution is 9.10. The molecule has 2 aromatic heterocycles. The molecular weight excluding hydrogens is 322 g/mol. The van der Waals surface area contributed by atoms with Crippen LogP contribution < -0.4 is 5.32 Å². The number of hydrogen-bond donors (Lipinski definition) is 1. The van der Waals surface area contributed by atoms with Crippen molar-refractivity contribution < 1.29 is 0 Å². The van der Waals surface area contributed by atoms with Crippen molar-refractivity contribution in [1.29, 1.82) is 0 Å². The Morgan fingerprint density at radius 1 is 1.41 bits per heavy atom. The van der Waals surface area contributed by atoms with Crippen LogP contribution in [-0.4, -0.2) is 9.97 Å². The molecule has 0 saturated heterocycles. The van der Waals surface area contributed by atoms with E-state index in [0.717, 1.165) is 29.1 Å². The zero-order chi connectivity index (χ0) is 12.3. The summed E-state index contributed by atoms with van der Waals surface area (Å²) in [7, 11) is 0. The van der Waals surface area contributed by atoms with E-state index in [0.29, 0.717) is 5.15 Å². The number of thiophene rings is 1. The first-order chi connectivity index (χ1) is 8.17. The van der Waals surface area contributed by atoms with Gasteiger partial charge in [-0.3, -0.25) is 0 Å². The van der Waals surface area contributed by atoms with Crippen LogP contribution in [0.2, 0.25) is 5.15 Å². The maximum Gasteiger partial charge on any atom is 0.134 e. The average Bonchev–Trinajstić information content (AvgIpc) is 2.72. The van der Waals surface area contributed by atoms with Crippen LogP contribution in [0.5, 0.6) is 0 Å². The summed E-state index contributed by atoms with van der Waals surface area (Å²) in [4.78, 5) is 9.72. The lowest BCUT2D eigenvalue weighted by molar-refractivity contribution is 0.934. The van der Waals surface area contributed by atoms with E-state index in [1.54, 1.807) is 17.4 Å². The fraction of sp³-hybridized carbons (Fsp3) is 0.273. The van der Waals surface area contributed by atoms with Crippen molar-refractivity contribution in [3.63, 3.8) is 0 Å². The van der Waals surface area contributed by atoms with E-state index in [4.69, 9.17) is 11.6 Å². The van der Waals surface area contributed by atoms with Gasteiger partial charge in [-0.05, 0) is 22.0 Å². The molecule has 2 aromatic rings. The Bertz CT molecular complexity index is 515. The summed E-state index contributed by atoms with van der Waals surface area (Å²) in [5.74, 6) is 1.53. The molecule has 0 amide bonds. The minimum atomic E-state index is 0.478. The summed E-state index contributed by atoms with van der Waals surface area (Å²) >= 11 is 11.0. The molecule has 0 aliphatic carbocycles. The van der Waals surface area contributed by atoms with Gasteiger partial charge in [0.1, 0.15) is 16.8 Å². The Kier molecular flexibility index (Phi) is 4.36. The topological polar surface area (TPSA) is 37.8 Å². The van der Waals surface area contributed by atoms with Crippen molar-refractivity contribution >= 4 is 44.7 Å². The number of hydrogen-bond acceptors (Lipinski definition) is 4. The van der Waals surface area contributed by atoms with Crippen LogP contribution in [0.4, 0.5) is 5.82 Å². The van der Waals surface area contributed by atoms with Crippen molar-refractivity contribution in [1.82, 2.24) is 9.97 Å². The smallest absolute Gasteiger partial charge is 0.134 e. The molecule has 17 heavy (non-hydrogen) atoms. The van der Waals surface area contributed by atoms with Crippen LogP contribution in [-0.2, 0) is 13.0 Å². The fourth-order valence-corrected chi connectivity index (χ4v) is 2.93. The van der Waals surface area contributed by atoms with Crippen LogP contribution in [0.3, 0.4) is 0 Å². The first-order valence-corrected chi connectivity index (χ1v) is 7.22. The molecule has 0 aromatic carbocycles. The molecule has 0 fully saturated rings. The highest BCUT2D eigenvalue weighted by atomic mass is 79.9. The lowest BCUT2D eigenvalue weighted by atomic mass is 10.4. The normalized spacial score (nSPS) is 10.5. The lowest BCUT2D eigenvalue weighted by Gasteiger charge is -2.05. The molecule has 0 aliphatic heterocycles. The fourth-order valence-electron chi connectivity index (χ4n) is 1.34. The number of nitrogens with one attached hydrogen (secondary N) is 1. The maximum atomic E-state index is 5.92. The first kappa shape index (κ1) is 12.8. The van der Waals surface area contributed by atoms with E-state index in [2.05, 4.69) is 42.7 Å². The van der Waals surface area contributed by atoms with Gasteiger partial charge in [-0.2, -0.15) is 0 Å². The Labute approximate surface area is 117 Å². The zero-order valence-electron chi connectivity index (χ0n) is 9.20. The van der Waals surface area contributed by atoms with Crippen molar-refractivity contribution in [2.45, 2.75) is 19.9 Å². The summed E-state index contributed by atoms with van der Waals surface area (Å²) in [6.45, 7) is 2.75. The lowest BCUT2D eigenvalue weighted by Crippen LogP contribution is -2.03. The van der Waals surface area contributed by atoms with E-state index < -0.39 is 0 Å². The van der Waals surface area contributed by atoms with Crippen molar-refractivity contribution in [2.75, 3.05) is 5.32 Å². The van der Waals surface area contributed by atoms with Gasteiger partial charge in [0.05, 0.1) is 6.54 Å². The monoisotopic (exact) mass is 331 g/mol. The third-order valence-electron chi connectivity index (χ3n) is 2.12.